The van der Waals surface area contributed by atoms with E-state index in [-0.39, 0.29) is 12.6 Å². The Morgan fingerprint density at radius 2 is 2.04 bits per heavy atom. The van der Waals surface area contributed by atoms with Crippen LogP contribution < -0.4 is 4.90 Å². The van der Waals surface area contributed by atoms with Gasteiger partial charge in [0.25, 0.3) is 0 Å². The zero-order chi connectivity index (χ0) is 17.1. The van der Waals surface area contributed by atoms with E-state index in [4.69, 9.17) is 16.6 Å². The van der Waals surface area contributed by atoms with Gasteiger partial charge in [0.1, 0.15) is 5.82 Å². The van der Waals surface area contributed by atoms with Crippen molar-refractivity contribution in [3.05, 3.63) is 58.2 Å². The molecule has 24 heavy (non-hydrogen) atoms. The second-order valence-electron chi connectivity index (χ2n) is 6.47. The third kappa shape index (κ3) is 3.72. The van der Waals surface area contributed by atoms with E-state index in [1.54, 1.807) is 0 Å². The minimum absolute atomic E-state index is 0.0760. The van der Waals surface area contributed by atoms with Crippen LogP contribution in [0.4, 0.5) is 5.82 Å². The summed E-state index contributed by atoms with van der Waals surface area (Å²) in [6, 6.07) is 12.3. The molecule has 1 unspecified atom stereocenters. The van der Waals surface area contributed by atoms with Crippen LogP contribution in [0.3, 0.4) is 0 Å². The zero-order valence-electron chi connectivity index (χ0n) is 14.2. The summed E-state index contributed by atoms with van der Waals surface area (Å²) >= 11 is 6.33. The summed E-state index contributed by atoms with van der Waals surface area (Å²) in [4.78, 5) is 9.22. The van der Waals surface area contributed by atoms with Crippen molar-refractivity contribution in [2.45, 2.75) is 32.5 Å². The first kappa shape index (κ1) is 17.2. The third-order valence-electron chi connectivity index (χ3n) is 4.71. The Bertz CT molecular complexity index is 707. The molecule has 0 spiro atoms. The maximum atomic E-state index is 9.78. The number of halogens is 1. The molecule has 1 N–H and O–H groups in total. The van der Waals surface area contributed by atoms with Gasteiger partial charge in [0, 0.05) is 43.0 Å². The van der Waals surface area contributed by atoms with E-state index in [0.717, 1.165) is 48.2 Å². The number of aliphatic hydroxyl groups is 1. The number of anilines is 1. The van der Waals surface area contributed by atoms with Crippen LogP contribution in [0.1, 0.15) is 23.2 Å². The first-order chi connectivity index (χ1) is 11.6. The van der Waals surface area contributed by atoms with Crippen molar-refractivity contribution in [3.63, 3.8) is 0 Å². The van der Waals surface area contributed by atoms with E-state index in [1.165, 1.54) is 5.56 Å². The summed E-state index contributed by atoms with van der Waals surface area (Å²) in [5.41, 5.74) is 3.32. The normalized spacial score (nSPS) is 18.8. The lowest BCUT2D eigenvalue weighted by Gasteiger charge is -2.35. The second-order valence-corrected chi connectivity index (χ2v) is 6.88. The number of pyridine rings is 1. The molecule has 1 atom stereocenters. The van der Waals surface area contributed by atoms with Gasteiger partial charge in [-0.3, -0.25) is 4.90 Å². The molecule has 0 saturated heterocycles. The summed E-state index contributed by atoms with van der Waals surface area (Å²) in [7, 11) is 2.02. The second kappa shape index (κ2) is 7.51. The van der Waals surface area contributed by atoms with Crippen LogP contribution in [-0.4, -0.2) is 41.2 Å². The Labute approximate surface area is 148 Å². The number of likely N-dealkylation sites (N-methyl/N-ethyl adjacent to an activating group) is 1. The number of benzene rings is 1. The molecule has 0 fully saturated rings. The first-order valence-electron chi connectivity index (χ1n) is 8.34. The fourth-order valence-corrected chi connectivity index (χ4v) is 3.43. The van der Waals surface area contributed by atoms with Crippen LogP contribution in [0, 0.1) is 6.92 Å². The molecule has 4 nitrogen and oxygen atoms in total. The monoisotopic (exact) mass is 345 g/mol. The Balaban J connectivity index is 1.90. The topological polar surface area (TPSA) is 39.6 Å². The number of aromatic nitrogens is 1. The molecular weight excluding hydrogens is 322 g/mol. The van der Waals surface area contributed by atoms with Gasteiger partial charge in [-0.2, -0.15) is 0 Å². The molecule has 2 aromatic rings. The Kier molecular flexibility index (Phi) is 5.39. The highest BCUT2D eigenvalue weighted by molar-refractivity contribution is 6.31. The molecule has 128 valence electrons. The molecule has 5 heteroatoms. The molecule has 0 bridgehead atoms. The largest absolute Gasteiger partial charge is 0.394 e. The van der Waals surface area contributed by atoms with Gasteiger partial charge >= 0.3 is 0 Å². The van der Waals surface area contributed by atoms with E-state index in [2.05, 4.69) is 28.0 Å². The molecule has 3 rings (SSSR count). The van der Waals surface area contributed by atoms with Crippen LogP contribution in [0.15, 0.2) is 36.4 Å². The standard InChI is InChI=1S/C19H24ClN3O/c1-14-7-8-16-12-23(11-15-5-3-4-6-18(15)20)10-9-17(13-24)22(2)19(16)21-14/h3-8,17,24H,9-13H2,1-2H3. The van der Waals surface area contributed by atoms with Gasteiger partial charge in [-0.1, -0.05) is 35.9 Å². The molecule has 0 amide bonds. The summed E-state index contributed by atoms with van der Waals surface area (Å²) in [6.45, 7) is 4.67. The summed E-state index contributed by atoms with van der Waals surface area (Å²) in [5, 5.41) is 10.6. The van der Waals surface area contributed by atoms with Gasteiger partial charge in [0.2, 0.25) is 0 Å². The Morgan fingerprint density at radius 1 is 1.25 bits per heavy atom. The number of nitrogens with zero attached hydrogens (tertiary/aromatic N) is 3. The summed E-state index contributed by atoms with van der Waals surface area (Å²) in [5.74, 6) is 0.970. The maximum Gasteiger partial charge on any atom is 0.133 e. The van der Waals surface area contributed by atoms with E-state index in [9.17, 15) is 5.11 Å². The highest BCUT2D eigenvalue weighted by atomic mass is 35.5. The van der Waals surface area contributed by atoms with Crippen molar-refractivity contribution in [2.24, 2.45) is 0 Å². The Hall–Kier alpha value is -1.62. The first-order valence-corrected chi connectivity index (χ1v) is 8.72. The lowest BCUT2D eigenvalue weighted by molar-refractivity contribution is 0.205. The van der Waals surface area contributed by atoms with Crippen LogP contribution >= 0.6 is 11.6 Å². The predicted molar refractivity (Wildman–Crippen MR) is 98.4 cm³/mol. The van der Waals surface area contributed by atoms with E-state index in [1.807, 2.05) is 32.2 Å². The molecule has 1 aliphatic heterocycles. The highest BCUT2D eigenvalue weighted by Crippen LogP contribution is 2.27. The molecule has 1 aromatic heterocycles. The lowest BCUT2D eigenvalue weighted by atomic mass is 10.1. The molecule has 0 radical (unpaired) electrons. The minimum atomic E-state index is 0.0760. The van der Waals surface area contributed by atoms with Crippen molar-refractivity contribution in [2.75, 3.05) is 25.1 Å². The van der Waals surface area contributed by atoms with E-state index in [0.29, 0.717) is 0 Å². The van der Waals surface area contributed by atoms with Gasteiger partial charge < -0.3 is 10.0 Å². The van der Waals surface area contributed by atoms with Crippen molar-refractivity contribution in [1.82, 2.24) is 9.88 Å². The quantitative estimate of drug-likeness (QED) is 0.927. The molecule has 1 aliphatic rings. The number of aliphatic hydroxyl groups excluding tert-OH is 1. The van der Waals surface area contributed by atoms with Crippen molar-refractivity contribution < 1.29 is 5.11 Å². The van der Waals surface area contributed by atoms with Crippen LogP contribution in [0.25, 0.3) is 0 Å². The van der Waals surface area contributed by atoms with E-state index >= 15 is 0 Å². The smallest absolute Gasteiger partial charge is 0.133 e. The van der Waals surface area contributed by atoms with Crippen molar-refractivity contribution in [1.29, 1.82) is 0 Å². The number of hydrogen-bond donors (Lipinski definition) is 1. The molecule has 2 heterocycles. The number of fused-ring (bicyclic) bond motifs is 1. The Morgan fingerprint density at radius 3 is 2.79 bits per heavy atom. The van der Waals surface area contributed by atoms with Crippen LogP contribution in [-0.2, 0) is 13.1 Å². The number of rotatable bonds is 3. The summed E-state index contributed by atoms with van der Waals surface area (Å²) in [6.07, 6.45) is 0.895. The fraction of sp³-hybridized carbons (Fsp3) is 0.421. The average molecular weight is 346 g/mol. The zero-order valence-corrected chi connectivity index (χ0v) is 15.0. The fourth-order valence-electron chi connectivity index (χ4n) is 3.24. The third-order valence-corrected chi connectivity index (χ3v) is 5.08. The SMILES string of the molecule is Cc1ccc2c(n1)N(C)C(CO)CCN(Cc1ccccc1Cl)C2. The molecule has 0 aliphatic carbocycles. The van der Waals surface area contributed by atoms with Crippen LogP contribution in [0.5, 0.6) is 0 Å². The van der Waals surface area contributed by atoms with Gasteiger partial charge in [0.05, 0.1) is 12.6 Å². The van der Waals surface area contributed by atoms with Gasteiger partial charge in [-0.05, 0) is 31.0 Å². The number of aryl methyl sites for hydroxylation is 1. The lowest BCUT2D eigenvalue weighted by Crippen LogP contribution is -2.41. The van der Waals surface area contributed by atoms with Crippen LogP contribution in [0.2, 0.25) is 5.02 Å². The summed E-state index contributed by atoms with van der Waals surface area (Å²) < 4.78 is 0. The van der Waals surface area contributed by atoms with Gasteiger partial charge in [-0.25, -0.2) is 4.98 Å². The van der Waals surface area contributed by atoms with Crippen molar-refractivity contribution >= 4 is 17.4 Å². The molecule has 0 saturated carbocycles. The minimum Gasteiger partial charge on any atom is -0.394 e. The van der Waals surface area contributed by atoms with Crippen molar-refractivity contribution in [3.8, 4) is 0 Å². The number of hydrogen-bond acceptors (Lipinski definition) is 4. The van der Waals surface area contributed by atoms with Gasteiger partial charge in [-0.15, -0.1) is 0 Å². The van der Waals surface area contributed by atoms with E-state index < -0.39 is 0 Å². The predicted octanol–water partition coefficient (Wildman–Crippen LogP) is 3.25. The molecule has 1 aromatic carbocycles. The average Bonchev–Trinajstić information content (AvgIpc) is 2.57. The van der Waals surface area contributed by atoms with Gasteiger partial charge in [0.15, 0.2) is 0 Å². The molecular formula is C19H24ClN3O. The maximum absolute atomic E-state index is 9.78. The highest BCUT2D eigenvalue weighted by Gasteiger charge is 2.24.